The molecule has 0 atom stereocenters. The highest BCUT2D eigenvalue weighted by molar-refractivity contribution is 6.00. The van der Waals surface area contributed by atoms with Gasteiger partial charge in [-0.1, -0.05) is 65.0 Å². The number of benzene rings is 1. The summed E-state index contributed by atoms with van der Waals surface area (Å²) in [7, 11) is 0. The highest BCUT2D eigenvalue weighted by Crippen LogP contribution is 2.27. The van der Waals surface area contributed by atoms with Crippen LogP contribution in [-0.4, -0.2) is 27.0 Å². The van der Waals surface area contributed by atoms with Crippen molar-refractivity contribution >= 4 is 11.6 Å². The molecule has 0 aliphatic carbocycles. The van der Waals surface area contributed by atoms with E-state index in [1.165, 1.54) is 0 Å². The molecule has 1 aromatic carbocycles. The molecule has 0 aliphatic rings. The van der Waals surface area contributed by atoms with Gasteiger partial charge in [0.15, 0.2) is 5.65 Å². The summed E-state index contributed by atoms with van der Waals surface area (Å²) in [6.07, 6.45) is 2.61. The molecule has 5 heteroatoms. The predicted octanol–water partition coefficient (Wildman–Crippen LogP) is 4.47. The van der Waals surface area contributed by atoms with Crippen LogP contribution in [0.25, 0.3) is 16.9 Å². The van der Waals surface area contributed by atoms with E-state index in [2.05, 4.69) is 44.9 Å². The van der Waals surface area contributed by atoms with Gasteiger partial charge in [0.05, 0.1) is 17.0 Å². The lowest BCUT2D eigenvalue weighted by atomic mass is 9.93. The zero-order chi connectivity index (χ0) is 19.6. The maximum Gasteiger partial charge on any atom is 0.255 e. The fraction of sp³-hybridized carbons (Fsp3) is 0.409. The molecule has 5 nitrogen and oxygen atoms in total. The lowest BCUT2D eigenvalue weighted by Gasteiger charge is -2.14. The first-order chi connectivity index (χ1) is 12.8. The number of hydrogen-bond acceptors (Lipinski definition) is 3. The summed E-state index contributed by atoms with van der Waals surface area (Å²) in [4.78, 5) is 17.4. The van der Waals surface area contributed by atoms with Crippen LogP contribution < -0.4 is 5.32 Å². The van der Waals surface area contributed by atoms with Crippen molar-refractivity contribution in [3.63, 3.8) is 0 Å². The zero-order valence-electron chi connectivity index (χ0n) is 16.8. The van der Waals surface area contributed by atoms with E-state index in [1.54, 1.807) is 10.7 Å². The summed E-state index contributed by atoms with van der Waals surface area (Å²) in [5, 5.41) is 7.81. The van der Waals surface area contributed by atoms with Crippen molar-refractivity contribution in [1.29, 1.82) is 0 Å². The smallest absolute Gasteiger partial charge is 0.255 e. The third kappa shape index (κ3) is 4.18. The molecule has 2 aromatic heterocycles. The number of nitrogens with zero attached hydrogens (tertiary/aromatic N) is 3. The summed E-state index contributed by atoms with van der Waals surface area (Å²) in [5.74, 6) is 0.427. The van der Waals surface area contributed by atoms with Crippen molar-refractivity contribution in [1.82, 2.24) is 19.9 Å². The van der Waals surface area contributed by atoms with E-state index in [4.69, 9.17) is 5.10 Å². The van der Waals surface area contributed by atoms with Crippen LogP contribution in [0.5, 0.6) is 0 Å². The Kier molecular flexibility index (Phi) is 5.31. The summed E-state index contributed by atoms with van der Waals surface area (Å²) in [6.45, 7) is 11.3. The molecule has 2 heterocycles. The largest absolute Gasteiger partial charge is 0.352 e. The van der Waals surface area contributed by atoms with Gasteiger partial charge in [0.25, 0.3) is 5.91 Å². The minimum Gasteiger partial charge on any atom is -0.352 e. The van der Waals surface area contributed by atoms with Gasteiger partial charge in [-0.15, -0.1) is 0 Å². The highest BCUT2D eigenvalue weighted by Gasteiger charge is 2.22. The topological polar surface area (TPSA) is 59.3 Å². The molecule has 0 radical (unpaired) electrons. The van der Waals surface area contributed by atoms with Crippen LogP contribution in [0.1, 0.15) is 57.1 Å². The van der Waals surface area contributed by atoms with Gasteiger partial charge >= 0.3 is 0 Å². The summed E-state index contributed by atoms with van der Waals surface area (Å²) < 4.78 is 1.80. The van der Waals surface area contributed by atoms with Gasteiger partial charge in [0.1, 0.15) is 0 Å². The molecule has 27 heavy (non-hydrogen) atoms. The van der Waals surface area contributed by atoms with Crippen LogP contribution in [0.4, 0.5) is 0 Å². The molecule has 142 valence electrons. The standard InChI is InChI=1S/C22H28N4O/c1-15(2)11-12-23-21(27)17-14-24-19-13-18(22(3,4)5)25-26(19)20(17)16-9-7-6-8-10-16/h6-10,13-15H,11-12H2,1-5H3,(H,23,27). The van der Waals surface area contributed by atoms with Crippen molar-refractivity contribution in [2.75, 3.05) is 6.54 Å². The Hall–Kier alpha value is -2.69. The van der Waals surface area contributed by atoms with Crippen molar-refractivity contribution in [3.8, 4) is 11.3 Å². The van der Waals surface area contributed by atoms with E-state index in [9.17, 15) is 4.79 Å². The molecule has 1 N–H and O–H groups in total. The number of carbonyl (C=O) groups is 1. The number of amides is 1. The van der Waals surface area contributed by atoms with Gasteiger partial charge < -0.3 is 5.32 Å². The number of carbonyl (C=O) groups excluding carboxylic acids is 1. The number of rotatable bonds is 5. The number of nitrogens with one attached hydrogen (secondary N) is 1. The van der Waals surface area contributed by atoms with Gasteiger partial charge in [-0.3, -0.25) is 4.79 Å². The van der Waals surface area contributed by atoms with E-state index >= 15 is 0 Å². The van der Waals surface area contributed by atoms with Crippen molar-refractivity contribution in [2.24, 2.45) is 5.92 Å². The Morgan fingerprint density at radius 3 is 2.52 bits per heavy atom. The molecule has 1 amide bonds. The molecule has 0 saturated heterocycles. The summed E-state index contributed by atoms with van der Waals surface area (Å²) in [6, 6.07) is 11.9. The molecule has 0 bridgehead atoms. The minimum atomic E-state index is -0.114. The van der Waals surface area contributed by atoms with Crippen LogP contribution in [0.2, 0.25) is 0 Å². The van der Waals surface area contributed by atoms with E-state index < -0.39 is 0 Å². The zero-order valence-corrected chi connectivity index (χ0v) is 16.8. The Morgan fingerprint density at radius 2 is 1.89 bits per heavy atom. The lowest BCUT2D eigenvalue weighted by Crippen LogP contribution is -2.26. The fourth-order valence-electron chi connectivity index (χ4n) is 2.91. The van der Waals surface area contributed by atoms with E-state index in [1.807, 2.05) is 36.4 Å². The molecule has 0 spiro atoms. The van der Waals surface area contributed by atoms with Gasteiger partial charge in [-0.2, -0.15) is 5.10 Å². The van der Waals surface area contributed by atoms with Gasteiger partial charge in [0, 0.05) is 29.8 Å². The third-order valence-electron chi connectivity index (χ3n) is 4.55. The quantitative estimate of drug-likeness (QED) is 0.727. The molecule has 0 unspecified atom stereocenters. The van der Waals surface area contributed by atoms with Crippen LogP contribution in [0.3, 0.4) is 0 Å². The van der Waals surface area contributed by atoms with Gasteiger partial charge in [-0.25, -0.2) is 9.50 Å². The predicted molar refractivity (Wildman–Crippen MR) is 109 cm³/mol. The maximum absolute atomic E-state index is 12.9. The monoisotopic (exact) mass is 364 g/mol. The SMILES string of the molecule is CC(C)CCNC(=O)c1cnc2cc(C(C)(C)C)nn2c1-c1ccccc1. The third-order valence-corrected chi connectivity index (χ3v) is 4.55. The molecular formula is C22H28N4O. The van der Waals surface area contributed by atoms with Crippen molar-refractivity contribution < 1.29 is 4.79 Å². The molecule has 0 fully saturated rings. The second-order valence-corrected chi connectivity index (χ2v) is 8.37. The molecule has 3 aromatic rings. The van der Waals surface area contributed by atoms with E-state index in [0.29, 0.717) is 18.0 Å². The second-order valence-electron chi connectivity index (χ2n) is 8.37. The van der Waals surface area contributed by atoms with E-state index in [0.717, 1.165) is 29.0 Å². The maximum atomic E-state index is 12.9. The van der Waals surface area contributed by atoms with Gasteiger partial charge in [0.2, 0.25) is 0 Å². The van der Waals surface area contributed by atoms with Crippen LogP contribution >= 0.6 is 0 Å². The van der Waals surface area contributed by atoms with E-state index in [-0.39, 0.29) is 11.3 Å². The minimum absolute atomic E-state index is 0.0959. The lowest BCUT2D eigenvalue weighted by molar-refractivity contribution is 0.0952. The molecule has 3 rings (SSSR count). The van der Waals surface area contributed by atoms with Crippen LogP contribution in [-0.2, 0) is 5.41 Å². The normalized spacial score (nSPS) is 11.9. The molecule has 0 aliphatic heterocycles. The molecular weight excluding hydrogens is 336 g/mol. The Morgan fingerprint density at radius 1 is 1.19 bits per heavy atom. The van der Waals surface area contributed by atoms with Gasteiger partial charge in [-0.05, 0) is 12.3 Å². The Balaban J connectivity index is 2.11. The Labute approximate surface area is 160 Å². The van der Waals surface area contributed by atoms with Crippen molar-refractivity contribution in [3.05, 3.63) is 53.9 Å². The summed E-state index contributed by atoms with van der Waals surface area (Å²) in [5.41, 5.74) is 3.87. The summed E-state index contributed by atoms with van der Waals surface area (Å²) >= 11 is 0. The Bertz CT molecular complexity index is 936. The molecule has 0 saturated carbocycles. The first-order valence-electron chi connectivity index (χ1n) is 9.50. The fourth-order valence-corrected chi connectivity index (χ4v) is 2.91. The van der Waals surface area contributed by atoms with Crippen LogP contribution in [0.15, 0.2) is 42.6 Å². The average molecular weight is 364 g/mol. The second kappa shape index (κ2) is 7.51. The number of fused-ring (bicyclic) bond motifs is 1. The first kappa shape index (κ1) is 19.1. The first-order valence-corrected chi connectivity index (χ1v) is 9.50. The highest BCUT2D eigenvalue weighted by atomic mass is 16.1. The number of hydrogen-bond donors (Lipinski definition) is 1. The van der Waals surface area contributed by atoms with Crippen molar-refractivity contribution in [2.45, 2.75) is 46.5 Å². The van der Waals surface area contributed by atoms with Crippen LogP contribution in [0, 0.1) is 5.92 Å². The number of aromatic nitrogens is 3. The average Bonchev–Trinajstić information content (AvgIpc) is 3.05.